The molecule has 0 bridgehead atoms. The zero-order chi connectivity index (χ0) is 13.1. The molecular weight excluding hydrogens is 296 g/mol. The van der Waals surface area contributed by atoms with E-state index < -0.39 is 0 Å². The van der Waals surface area contributed by atoms with Crippen LogP contribution in [-0.4, -0.2) is 0 Å². The summed E-state index contributed by atoms with van der Waals surface area (Å²) in [5, 5.41) is 4.47. The predicted octanol–water partition coefficient (Wildman–Crippen LogP) is 5.40. The van der Waals surface area contributed by atoms with E-state index in [4.69, 9.17) is 34.8 Å². The summed E-state index contributed by atoms with van der Waals surface area (Å²) in [5.41, 5.74) is 1.04. The summed E-state index contributed by atoms with van der Waals surface area (Å²) >= 11 is 17.8. The molecule has 0 amide bonds. The molecule has 0 unspecified atom stereocenters. The third-order valence-corrected chi connectivity index (χ3v) is 3.29. The number of nitrogens with one attached hydrogen (secondary N) is 1. The van der Waals surface area contributed by atoms with Crippen molar-refractivity contribution in [3.05, 3.63) is 62.8 Å². The van der Waals surface area contributed by atoms with E-state index in [9.17, 15) is 4.39 Å². The summed E-state index contributed by atoms with van der Waals surface area (Å²) < 4.78 is 13.5. The molecule has 0 heterocycles. The van der Waals surface area contributed by atoms with Gasteiger partial charge < -0.3 is 5.32 Å². The molecule has 0 aliphatic carbocycles. The van der Waals surface area contributed by atoms with Gasteiger partial charge in [-0.15, -0.1) is 0 Å². The minimum absolute atomic E-state index is 0.260. The molecule has 0 aliphatic heterocycles. The molecule has 94 valence electrons. The number of hydrogen-bond acceptors (Lipinski definition) is 1. The van der Waals surface area contributed by atoms with E-state index in [1.54, 1.807) is 24.3 Å². The summed E-state index contributed by atoms with van der Waals surface area (Å²) in [6, 6.07) is 9.56. The van der Waals surface area contributed by atoms with Crippen molar-refractivity contribution in [2.24, 2.45) is 0 Å². The maximum Gasteiger partial charge on any atom is 0.128 e. The Hall–Kier alpha value is -0.960. The van der Waals surface area contributed by atoms with E-state index in [1.807, 2.05) is 0 Å². The number of benzene rings is 2. The Morgan fingerprint density at radius 3 is 2.33 bits per heavy atom. The number of para-hydroxylation sites is 1. The first-order chi connectivity index (χ1) is 8.58. The Bertz CT molecular complexity index is 552. The second kappa shape index (κ2) is 5.79. The van der Waals surface area contributed by atoms with E-state index >= 15 is 0 Å². The standard InChI is InChI=1S/C13H9Cl3FN/c14-9-4-5-12(17)8(6-9)7-18-13-10(15)2-1-3-11(13)16/h1-6,18H,7H2. The highest BCUT2D eigenvalue weighted by Gasteiger charge is 2.07. The van der Waals surface area contributed by atoms with E-state index in [0.29, 0.717) is 26.3 Å². The largest absolute Gasteiger partial charge is 0.378 e. The lowest BCUT2D eigenvalue weighted by Gasteiger charge is -2.11. The molecule has 0 saturated heterocycles. The Morgan fingerprint density at radius 1 is 1.00 bits per heavy atom. The Kier molecular flexibility index (Phi) is 4.33. The smallest absolute Gasteiger partial charge is 0.128 e. The van der Waals surface area contributed by atoms with Gasteiger partial charge in [-0.2, -0.15) is 0 Å². The lowest BCUT2D eigenvalue weighted by atomic mass is 10.2. The molecule has 1 N–H and O–H groups in total. The van der Waals surface area contributed by atoms with Gasteiger partial charge in [-0.1, -0.05) is 40.9 Å². The van der Waals surface area contributed by atoms with Crippen molar-refractivity contribution in [3.8, 4) is 0 Å². The summed E-state index contributed by atoms with van der Waals surface area (Å²) in [6.07, 6.45) is 0. The zero-order valence-corrected chi connectivity index (χ0v) is 11.5. The summed E-state index contributed by atoms with van der Waals surface area (Å²) in [5.74, 6) is -0.324. The highest BCUT2D eigenvalue weighted by Crippen LogP contribution is 2.30. The number of halogens is 4. The van der Waals surface area contributed by atoms with Crippen molar-refractivity contribution >= 4 is 40.5 Å². The van der Waals surface area contributed by atoms with Gasteiger partial charge in [-0.25, -0.2) is 4.39 Å². The molecular formula is C13H9Cl3FN. The second-order valence-corrected chi connectivity index (χ2v) is 4.94. The normalized spacial score (nSPS) is 10.4. The molecule has 1 nitrogen and oxygen atoms in total. The van der Waals surface area contributed by atoms with E-state index in [0.717, 1.165) is 0 Å². The van der Waals surface area contributed by atoms with Crippen LogP contribution in [0.25, 0.3) is 0 Å². The van der Waals surface area contributed by atoms with Crippen LogP contribution < -0.4 is 5.32 Å². The molecule has 2 rings (SSSR count). The van der Waals surface area contributed by atoms with Gasteiger partial charge in [0.25, 0.3) is 0 Å². The second-order valence-electron chi connectivity index (χ2n) is 3.69. The van der Waals surface area contributed by atoms with Crippen LogP contribution in [0, 0.1) is 5.82 Å². The van der Waals surface area contributed by atoms with Crippen LogP contribution in [0.2, 0.25) is 15.1 Å². The first-order valence-corrected chi connectivity index (χ1v) is 6.33. The molecule has 18 heavy (non-hydrogen) atoms. The SMILES string of the molecule is Fc1ccc(Cl)cc1CNc1c(Cl)cccc1Cl. The monoisotopic (exact) mass is 303 g/mol. The minimum atomic E-state index is -0.324. The fraction of sp³-hybridized carbons (Fsp3) is 0.0769. The van der Waals surface area contributed by atoms with Crippen LogP contribution in [0.1, 0.15) is 5.56 Å². The maximum atomic E-state index is 13.5. The molecule has 0 saturated carbocycles. The number of rotatable bonds is 3. The van der Waals surface area contributed by atoms with Crippen LogP contribution in [0.15, 0.2) is 36.4 Å². The fourth-order valence-electron chi connectivity index (χ4n) is 1.53. The van der Waals surface area contributed by atoms with E-state index in [2.05, 4.69) is 5.32 Å². The van der Waals surface area contributed by atoms with Gasteiger partial charge in [0.2, 0.25) is 0 Å². The van der Waals surface area contributed by atoms with Crippen LogP contribution in [0.4, 0.5) is 10.1 Å². The van der Waals surface area contributed by atoms with Gasteiger partial charge >= 0.3 is 0 Å². The van der Waals surface area contributed by atoms with Crippen LogP contribution in [-0.2, 0) is 6.54 Å². The van der Waals surface area contributed by atoms with Crippen LogP contribution >= 0.6 is 34.8 Å². The Labute approximate surface area is 119 Å². The zero-order valence-electron chi connectivity index (χ0n) is 9.18. The van der Waals surface area contributed by atoms with Crippen molar-refractivity contribution in [1.82, 2.24) is 0 Å². The third kappa shape index (κ3) is 3.08. The van der Waals surface area contributed by atoms with Crippen LogP contribution in [0.5, 0.6) is 0 Å². The van der Waals surface area contributed by atoms with Crippen molar-refractivity contribution in [2.45, 2.75) is 6.54 Å². The first-order valence-electron chi connectivity index (χ1n) is 5.20. The molecule has 5 heteroatoms. The summed E-state index contributed by atoms with van der Waals surface area (Å²) in [4.78, 5) is 0. The van der Waals surface area contributed by atoms with Gasteiger partial charge in [0.15, 0.2) is 0 Å². The van der Waals surface area contributed by atoms with Gasteiger partial charge in [0.1, 0.15) is 5.82 Å². The topological polar surface area (TPSA) is 12.0 Å². The van der Waals surface area contributed by atoms with Gasteiger partial charge in [-0.3, -0.25) is 0 Å². The van der Waals surface area contributed by atoms with Crippen molar-refractivity contribution in [1.29, 1.82) is 0 Å². The molecule has 0 atom stereocenters. The van der Waals surface area contributed by atoms with Gasteiger partial charge in [0.05, 0.1) is 15.7 Å². The summed E-state index contributed by atoms with van der Waals surface area (Å²) in [6.45, 7) is 0.260. The molecule has 0 radical (unpaired) electrons. The first kappa shape index (κ1) is 13.5. The molecule has 0 aromatic heterocycles. The maximum absolute atomic E-state index is 13.5. The average molecular weight is 305 g/mol. The molecule has 0 aliphatic rings. The molecule has 0 spiro atoms. The van der Waals surface area contributed by atoms with Crippen molar-refractivity contribution in [2.75, 3.05) is 5.32 Å². The number of anilines is 1. The van der Waals surface area contributed by atoms with Crippen molar-refractivity contribution < 1.29 is 4.39 Å². The van der Waals surface area contributed by atoms with E-state index in [-0.39, 0.29) is 12.4 Å². The van der Waals surface area contributed by atoms with E-state index in [1.165, 1.54) is 12.1 Å². The lowest BCUT2D eigenvalue weighted by Crippen LogP contribution is -2.02. The lowest BCUT2D eigenvalue weighted by molar-refractivity contribution is 0.613. The quantitative estimate of drug-likeness (QED) is 0.800. The van der Waals surface area contributed by atoms with Gasteiger partial charge in [-0.05, 0) is 30.3 Å². The average Bonchev–Trinajstić information content (AvgIpc) is 2.33. The number of hydrogen-bond donors (Lipinski definition) is 1. The fourth-order valence-corrected chi connectivity index (χ4v) is 2.25. The van der Waals surface area contributed by atoms with Crippen LogP contribution in [0.3, 0.4) is 0 Å². The Balaban J connectivity index is 2.19. The summed E-state index contributed by atoms with van der Waals surface area (Å²) in [7, 11) is 0. The highest BCUT2D eigenvalue weighted by molar-refractivity contribution is 6.39. The van der Waals surface area contributed by atoms with Crippen molar-refractivity contribution in [3.63, 3.8) is 0 Å². The third-order valence-electron chi connectivity index (χ3n) is 2.43. The molecule has 0 fully saturated rings. The predicted molar refractivity (Wildman–Crippen MR) is 75.2 cm³/mol. The molecule has 2 aromatic rings. The molecule has 2 aromatic carbocycles. The van der Waals surface area contributed by atoms with Gasteiger partial charge in [0, 0.05) is 17.1 Å². The minimum Gasteiger partial charge on any atom is -0.378 e. The highest BCUT2D eigenvalue weighted by atomic mass is 35.5. The Morgan fingerprint density at radius 2 is 1.67 bits per heavy atom.